The quantitative estimate of drug-likeness (QED) is 0.0870. The van der Waals surface area contributed by atoms with Crippen molar-refractivity contribution in [3.63, 3.8) is 0 Å². The SMILES string of the molecule is CO[C@H]1O[C@H](CN=[N+]=[N-])[C@@H](OS(=O)(=O)O)[C@H](OC(=O)c2ccccc2)[C@@H]1OS(=O)(=O)O.[Na+]. The topological polar surface area (TPSA) is 221 Å². The molecular weight excluding hydrogens is 489 g/mol. The molecule has 18 heteroatoms. The third-order valence-corrected chi connectivity index (χ3v) is 4.80. The summed E-state index contributed by atoms with van der Waals surface area (Å²) in [6, 6.07) is 7.24. The van der Waals surface area contributed by atoms with Gasteiger partial charge in [0, 0.05) is 12.0 Å². The summed E-state index contributed by atoms with van der Waals surface area (Å²) in [5.41, 5.74) is 8.52. The molecule has 1 heterocycles. The Morgan fingerprint density at radius 3 is 2.16 bits per heavy atom. The van der Waals surface area contributed by atoms with E-state index in [0.29, 0.717) is 0 Å². The van der Waals surface area contributed by atoms with E-state index in [4.69, 9.17) is 28.8 Å². The Morgan fingerprint density at radius 2 is 1.66 bits per heavy atom. The molecule has 2 N–H and O–H groups in total. The maximum atomic E-state index is 12.5. The number of ether oxygens (including phenoxy) is 3. The van der Waals surface area contributed by atoms with Crippen LogP contribution in [0, 0.1) is 0 Å². The van der Waals surface area contributed by atoms with E-state index in [2.05, 4.69) is 18.4 Å². The number of azide groups is 1. The first kappa shape index (κ1) is 28.7. The summed E-state index contributed by atoms with van der Waals surface area (Å²) in [7, 11) is -9.39. The van der Waals surface area contributed by atoms with Crippen LogP contribution in [0.4, 0.5) is 0 Å². The second kappa shape index (κ2) is 12.2. The van der Waals surface area contributed by atoms with Gasteiger partial charge in [-0.15, -0.1) is 0 Å². The summed E-state index contributed by atoms with van der Waals surface area (Å²) in [4.78, 5) is 15.0. The predicted octanol–water partition coefficient (Wildman–Crippen LogP) is -2.73. The zero-order chi connectivity index (χ0) is 23.2. The van der Waals surface area contributed by atoms with Crippen molar-refractivity contribution in [2.24, 2.45) is 5.11 Å². The van der Waals surface area contributed by atoms with E-state index < -0.39 is 64.0 Å². The molecule has 0 unspecified atom stereocenters. The molecule has 5 atom stereocenters. The smallest absolute Gasteiger partial charge is 0.453 e. The average molecular weight is 506 g/mol. The van der Waals surface area contributed by atoms with Crippen LogP contribution in [0.25, 0.3) is 10.4 Å². The molecular formula is C14H17N3NaO12S2+. The van der Waals surface area contributed by atoms with Crippen molar-refractivity contribution in [1.29, 1.82) is 0 Å². The summed E-state index contributed by atoms with van der Waals surface area (Å²) in [5, 5.41) is 3.21. The second-order valence-electron chi connectivity index (χ2n) is 5.91. The number of rotatable bonds is 9. The van der Waals surface area contributed by atoms with Crippen LogP contribution < -0.4 is 29.6 Å². The minimum absolute atomic E-state index is 0. The van der Waals surface area contributed by atoms with E-state index in [1.807, 2.05) is 0 Å². The Balaban J connectivity index is 0.00000512. The number of hydrogen-bond acceptors (Lipinski definition) is 11. The molecule has 15 nitrogen and oxygen atoms in total. The Kier molecular flexibility index (Phi) is 11.0. The fraction of sp³-hybridized carbons (Fsp3) is 0.500. The van der Waals surface area contributed by atoms with Crippen LogP contribution >= 0.6 is 0 Å². The molecule has 1 aliphatic rings. The van der Waals surface area contributed by atoms with Crippen molar-refractivity contribution in [3.05, 3.63) is 46.3 Å². The van der Waals surface area contributed by atoms with Gasteiger partial charge in [0.25, 0.3) is 0 Å². The molecule has 0 amide bonds. The van der Waals surface area contributed by atoms with Crippen LogP contribution in [0.3, 0.4) is 0 Å². The fourth-order valence-electron chi connectivity index (χ4n) is 2.73. The summed E-state index contributed by atoms with van der Waals surface area (Å²) in [5.74, 6) is -1.07. The first-order valence-corrected chi connectivity index (χ1v) is 10.9. The molecule has 172 valence electrons. The maximum absolute atomic E-state index is 12.5. The van der Waals surface area contributed by atoms with E-state index in [-0.39, 0.29) is 35.1 Å². The van der Waals surface area contributed by atoms with E-state index in [0.717, 1.165) is 7.11 Å². The van der Waals surface area contributed by atoms with Crippen LogP contribution in [-0.4, -0.2) is 76.3 Å². The molecule has 0 bridgehead atoms. The van der Waals surface area contributed by atoms with Gasteiger partial charge in [-0.3, -0.25) is 9.11 Å². The second-order valence-corrected chi connectivity index (χ2v) is 8.00. The third kappa shape index (κ3) is 8.54. The van der Waals surface area contributed by atoms with Gasteiger partial charge in [0.15, 0.2) is 18.5 Å². The van der Waals surface area contributed by atoms with Crippen molar-refractivity contribution in [2.75, 3.05) is 13.7 Å². The molecule has 1 aromatic carbocycles. The van der Waals surface area contributed by atoms with Crippen LogP contribution in [0.5, 0.6) is 0 Å². The first-order valence-electron chi connectivity index (χ1n) is 8.21. The zero-order valence-electron chi connectivity index (χ0n) is 16.6. The Hall–Kier alpha value is -1.34. The summed E-state index contributed by atoms with van der Waals surface area (Å²) < 4.78 is 88.0. The summed E-state index contributed by atoms with van der Waals surface area (Å²) in [6.45, 7) is -0.603. The maximum Gasteiger partial charge on any atom is 1.00 e. The molecule has 1 aliphatic heterocycles. The van der Waals surface area contributed by atoms with Gasteiger partial charge in [-0.2, -0.15) is 16.8 Å². The molecule has 2 rings (SSSR count). The van der Waals surface area contributed by atoms with Gasteiger partial charge in [-0.25, -0.2) is 13.2 Å². The fourth-order valence-corrected chi connectivity index (χ4v) is 3.73. The summed E-state index contributed by atoms with van der Waals surface area (Å²) >= 11 is 0. The Morgan fingerprint density at radius 1 is 1.09 bits per heavy atom. The largest absolute Gasteiger partial charge is 1.00 e. The number of benzene rings is 1. The first-order chi connectivity index (χ1) is 14.4. The van der Waals surface area contributed by atoms with E-state index >= 15 is 0 Å². The number of hydrogen-bond donors (Lipinski definition) is 2. The minimum Gasteiger partial charge on any atom is -0.453 e. The molecule has 1 fully saturated rings. The van der Waals surface area contributed by atoms with Crippen LogP contribution in [0.1, 0.15) is 10.4 Å². The normalized spacial score (nSPS) is 25.8. The van der Waals surface area contributed by atoms with Gasteiger partial charge in [-0.05, 0) is 17.7 Å². The summed E-state index contributed by atoms with van der Waals surface area (Å²) in [6.07, 6.45) is -9.09. The zero-order valence-corrected chi connectivity index (χ0v) is 20.2. The van der Waals surface area contributed by atoms with Crippen molar-refractivity contribution in [2.45, 2.75) is 30.7 Å². The van der Waals surface area contributed by atoms with Gasteiger partial charge in [0.05, 0.1) is 18.2 Å². The van der Waals surface area contributed by atoms with E-state index in [1.165, 1.54) is 24.3 Å². The number of carbonyl (C=O) groups is 1. The van der Waals surface area contributed by atoms with Crippen LogP contribution in [-0.2, 0) is 43.4 Å². The Labute approximate surface area is 204 Å². The molecule has 0 radical (unpaired) electrons. The number of methoxy groups -OCH3 is 1. The minimum atomic E-state index is -5.22. The molecule has 1 saturated heterocycles. The van der Waals surface area contributed by atoms with E-state index in [1.54, 1.807) is 6.07 Å². The molecule has 0 aromatic heterocycles. The molecule has 32 heavy (non-hydrogen) atoms. The standard InChI is InChI=1S/C14H17N3O12S2.Na/c1-25-14-12(29-31(22,23)24)11(27-13(18)8-5-3-2-4-6-8)10(28-30(19,20)21)9(26-14)7-16-17-15;/h2-6,9-12,14H,7H2,1H3,(H,19,20,21)(H,22,23,24);/q;+1/t9-,10-,11+,12+,14+;/m1./s1. The van der Waals surface area contributed by atoms with Gasteiger partial charge in [-0.1, -0.05) is 23.3 Å². The Bertz CT molecular complexity index is 1030. The van der Waals surface area contributed by atoms with E-state index in [9.17, 15) is 21.6 Å². The van der Waals surface area contributed by atoms with Crippen molar-refractivity contribution < 1.29 is 82.9 Å². The van der Waals surface area contributed by atoms with Gasteiger partial charge >= 0.3 is 56.3 Å². The molecule has 0 spiro atoms. The monoisotopic (exact) mass is 506 g/mol. The molecule has 0 saturated carbocycles. The van der Waals surface area contributed by atoms with Gasteiger partial charge in [0.2, 0.25) is 0 Å². The number of nitrogens with zero attached hydrogens (tertiary/aromatic N) is 3. The van der Waals surface area contributed by atoms with Crippen molar-refractivity contribution in [1.82, 2.24) is 0 Å². The van der Waals surface area contributed by atoms with Crippen molar-refractivity contribution in [3.8, 4) is 0 Å². The third-order valence-electron chi connectivity index (χ3n) is 3.87. The van der Waals surface area contributed by atoms with Crippen LogP contribution in [0.2, 0.25) is 0 Å². The van der Waals surface area contributed by atoms with Crippen LogP contribution in [0.15, 0.2) is 35.4 Å². The average Bonchev–Trinajstić information content (AvgIpc) is 2.68. The number of carbonyl (C=O) groups excluding carboxylic acids is 1. The van der Waals surface area contributed by atoms with Gasteiger partial charge < -0.3 is 14.2 Å². The molecule has 0 aliphatic carbocycles. The van der Waals surface area contributed by atoms with Crippen molar-refractivity contribution >= 4 is 26.8 Å². The molecule has 1 aromatic rings. The predicted molar refractivity (Wildman–Crippen MR) is 98.2 cm³/mol. The number of esters is 1. The van der Waals surface area contributed by atoms with Gasteiger partial charge in [0.1, 0.15) is 6.10 Å².